The van der Waals surface area contributed by atoms with E-state index in [4.69, 9.17) is 14.9 Å². The van der Waals surface area contributed by atoms with Crippen molar-refractivity contribution in [1.29, 1.82) is 0 Å². The van der Waals surface area contributed by atoms with Gasteiger partial charge in [-0.1, -0.05) is 13.8 Å². The highest BCUT2D eigenvalue weighted by molar-refractivity contribution is 5.11. The van der Waals surface area contributed by atoms with Crippen LogP contribution in [0, 0.1) is 5.92 Å². The molecular formula is C12H21NO2. The van der Waals surface area contributed by atoms with E-state index in [1.165, 1.54) is 0 Å². The number of rotatable bonds is 6. The molecule has 0 aliphatic carbocycles. The van der Waals surface area contributed by atoms with Crippen LogP contribution < -0.4 is 5.73 Å². The molecule has 1 aromatic rings. The fourth-order valence-electron chi connectivity index (χ4n) is 1.57. The number of nitrogens with two attached hydrogens (primary N) is 1. The monoisotopic (exact) mass is 211 g/mol. The highest BCUT2D eigenvalue weighted by atomic mass is 16.5. The molecule has 3 heteroatoms. The van der Waals surface area contributed by atoms with Gasteiger partial charge in [0.15, 0.2) is 0 Å². The van der Waals surface area contributed by atoms with Crippen molar-refractivity contribution in [3.05, 3.63) is 23.7 Å². The van der Waals surface area contributed by atoms with Gasteiger partial charge < -0.3 is 14.9 Å². The van der Waals surface area contributed by atoms with E-state index in [1.54, 1.807) is 6.26 Å². The molecule has 0 bridgehead atoms. The summed E-state index contributed by atoms with van der Waals surface area (Å²) in [5, 5.41) is 0. The second kappa shape index (κ2) is 5.93. The summed E-state index contributed by atoms with van der Waals surface area (Å²) in [5.74, 6) is 1.52. The molecule has 0 aromatic carbocycles. The van der Waals surface area contributed by atoms with Gasteiger partial charge in [-0.25, -0.2) is 0 Å². The van der Waals surface area contributed by atoms with Crippen LogP contribution in [0.15, 0.2) is 16.7 Å². The lowest BCUT2D eigenvalue weighted by atomic mass is 10.1. The Kier molecular flexibility index (Phi) is 4.85. The predicted molar refractivity (Wildman–Crippen MR) is 60.3 cm³/mol. The number of ether oxygens (including phenoxy) is 1. The van der Waals surface area contributed by atoms with Crippen LogP contribution >= 0.6 is 0 Å². The summed E-state index contributed by atoms with van der Waals surface area (Å²) in [7, 11) is 0. The molecule has 1 unspecified atom stereocenters. The minimum atomic E-state index is 0.274. The van der Waals surface area contributed by atoms with Crippen LogP contribution in [-0.2, 0) is 17.9 Å². The zero-order valence-corrected chi connectivity index (χ0v) is 9.82. The Bertz CT molecular complexity index is 281. The van der Waals surface area contributed by atoms with E-state index in [9.17, 15) is 0 Å². The SMILES string of the molecule is CC(C)CC(C)OCc1cc(CN)co1. The summed E-state index contributed by atoms with van der Waals surface area (Å²) in [6.45, 7) is 7.53. The van der Waals surface area contributed by atoms with Gasteiger partial charge in [-0.05, 0) is 25.3 Å². The summed E-state index contributed by atoms with van der Waals surface area (Å²) in [5.41, 5.74) is 6.50. The van der Waals surface area contributed by atoms with Crippen LogP contribution in [0.25, 0.3) is 0 Å². The fourth-order valence-corrected chi connectivity index (χ4v) is 1.57. The van der Waals surface area contributed by atoms with Gasteiger partial charge in [-0.2, -0.15) is 0 Å². The van der Waals surface area contributed by atoms with Gasteiger partial charge in [0, 0.05) is 12.1 Å². The minimum Gasteiger partial charge on any atom is -0.467 e. The second-order valence-corrected chi connectivity index (χ2v) is 4.38. The van der Waals surface area contributed by atoms with Crippen molar-refractivity contribution in [1.82, 2.24) is 0 Å². The first kappa shape index (κ1) is 12.3. The topological polar surface area (TPSA) is 48.4 Å². The lowest BCUT2D eigenvalue weighted by Gasteiger charge is -2.13. The van der Waals surface area contributed by atoms with Crippen LogP contribution in [0.2, 0.25) is 0 Å². The summed E-state index contributed by atoms with van der Waals surface area (Å²) >= 11 is 0. The van der Waals surface area contributed by atoms with E-state index >= 15 is 0 Å². The highest BCUT2D eigenvalue weighted by Gasteiger charge is 2.07. The minimum absolute atomic E-state index is 0.274. The van der Waals surface area contributed by atoms with Crippen LogP contribution in [0.1, 0.15) is 38.5 Å². The Morgan fingerprint density at radius 2 is 2.13 bits per heavy atom. The molecule has 0 saturated carbocycles. The molecule has 0 aliphatic heterocycles. The first-order valence-electron chi connectivity index (χ1n) is 5.49. The van der Waals surface area contributed by atoms with Crippen molar-refractivity contribution in [3.63, 3.8) is 0 Å². The van der Waals surface area contributed by atoms with E-state index in [0.29, 0.717) is 19.1 Å². The van der Waals surface area contributed by atoms with Crippen molar-refractivity contribution < 1.29 is 9.15 Å². The molecule has 86 valence electrons. The van der Waals surface area contributed by atoms with Crippen molar-refractivity contribution in [2.45, 2.75) is 46.4 Å². The Morgan fingerprint density at radius 1 is 1.40 bits per heavy atom. The largest absolute Gasteiger partial charge is 0.467 e. The summed E-state index contributed by atoms with van der Waals surface area (Å²) in [4.78, 5) is 0. The first-order chi connectivity index (χ1) is 7.11. The summed E-state index contributed by atoms with van der Waals surface area (Å²) in [6, 6.07) is 1.95. The molecule has 1 heterocycles. The zero-order chi connectivity index (χ0) is 11.3. The molecule has 1 rings (SSSR count). The predicted octanol–water partition coefficient (Wildman–Crippen LogP) is 2.69. The van der Waals surface area contributed by atoms with E-state index in [-0.39, 0.29) is 6.10 Å². The third kappa shape index (κ3) is 4.49. The lowest BCUT2D eigenvalue weighted by Crippen LogP contribution is -2.10. The molecule has 0 radical (unpaired) electrons. The molecule has 0 saturated heterocycles. The van der Waals surface area contributed by atoms with Gasteiger partial charge >= 0.3 is 0 Å². The van der Waals surface area contributed by atoms with E-state index in [1.807, 2.05) is 6.07 Å². The summed E-state index contributed by atoms with van der Waals surface area (Å²) < 4.78 is 11.0. The maximum atomic E-state index is 5.66. The summed E-state index contributed by atoms with van der Waals surface area (Å²) in [6.07, 6.45) is 3.03. The Hall–Kier alpha value is -0.800. The molecule has 0 spiro atoms. The van der Waals surface area contributed by atoms with Gasteiger partial charge in [0.1, 0.15) is 12.4 Å². The van der Waals surface area contributed by atoms with E-state index < -0.39 is 0 Å². The van der Waals surface area contributed by atoms with Crippen LogP contribution in [0.4, 0.5) is 0 Å². The Labute approximate surface area is 91.6 Å². The smallest absolute Gasteiger partial charge is 0.129 e. The van der Waals surface area contributed by atoms with Crippen molar-refractivity contribution >= 4 is 0 Å². The Balaban J connectivity index is 2.30. The Morgan fingerprint density at radius 3 is 2.67 bits per heavy atom. The van der Waals surface area contributed by atoms with E-state index in [0.717, 1.165) is 17.7 Å². The van der Waals surface area contributed by atoms with Crippen molar-refractivity contribution in [2.75, 3.05) is 0 Å². The third-order valence-electron chi connectivity index (χ3n) is 2.26. The number of hydrogen-bond acceptors (Lipinski definition) is 3. The fraction of sp³-hybridized carbons (Fsp3) is 0.667. The second-order valence-electron chi connectivity index (χ2n) is 4.38. The molecule has 3 nitrogen and oxygen atoms in total. The van der Waals surface area contributed by atoms with Crippen molar-refractivity contribution in [3.8, 4) is 0 Å². The maximum Gasteiger partial charge on any atom is 0.129 e. The standard InChI is InChI=1S/C12H21NO2/c1-9(2)4-10(3)14-8-12-5-11(6-13)7-15-12/h5,7,9-10H,4,6,8,13H2,1-3H3. The number of furan rings is 1. The number of hydrogen-bond donors (Lipinski definition) is 1. The van der Waals surface area contributed by atoms with Gasteiger partial charge in [-0.15, -0.1) is 0 Å². The zero-order valence-electron chi connectivity index (χ0n) is 9.82. The maximum absolute atomic E-state index is 5.66. The lowest BCUT2D eigenvalue weighted by molar-refractivity contribution is 0.0303. The molecule has 0 amide bonds. The van der Waals surface area contributed by atoms with Gasteiger partial charge in [0.05, 0.1) is 12.4 Å². The van der Waals surface area contributed by atoms with Crippen LogP contribution in [0.3, 0.4) is 0 Å². The van der Waals surface area contributed by atoms with Crippen LogP contribution in [0.5, 0.6) is 0 Å². The van der Waals surface area contributed by atoms with Crippen LogP contribution in [-0.4, -0.2) is 6.10 Å². The molecule has 2 N–H and O–H groups in total. The van der Waals surface area contributed by atoms with Gasteiger partial charge in [0.25, 0.3) is 0 Å². The molecular weight excluding hydrogens is 190 g/mol. The van der Waals surface area contributed by atoms with Crippen molar-refractivity contribution in [2.24, 2.45) is 11.7 Å². The van der Waals surface area contributed by atoms with Gasteiger partial charge in [-0.3, -0.25) is 0 Å². The molecule has 15 heavy (non-hydrogen) atoms. The van der Waals surface area contributed by atoms with E-state index in [2.05, 4.69) is 20.8 Å². The molecule has 0 aliphatic rings. The average molecular weight is 211 g/mol. The quantitative estimate of drug-likeness (QED) is 0.787. The first-order valence-corrected chi connectivity index (χ1v) is 5.49. The molecule has 0 fully saturated rings. The normalized spacial score (nSPS) is 13.4. The average Bonchev–Trinajstić information content (AvgIpc) is 2.61. The highest BCUT2D eigenvalue weighted by Crippen LogP contribution is 2.12. The molecule has 1 atom stereocenters. The van der Waals surface area contributed by atoms with Gasteiger partial charge in [0.2, 0.25) is 0 Å². The third-order valence-corrected chi connectivity index (χ3v) is 2.26. The molecule has 1 aromatic heterocycles.